The first-order chi connectivity index (χ1) is 6.33. The van der Waals surface area contributed by atoms with Crippen molar-refractivity contribution in [1.29, 1.82) is 0 Å². The monoisotopic (exact) mass is 192 g/mol. The first kappa shape index (κ1) is 8.57. The fourth-order valence-electron chi connectivity index (χ4n) is 1.47. The Kier molecular flexibility index (Phi) is 2.23. The number of benzene rings is 1. The highest BCUT2D eigenvalue weighted by Gasteiger charge is 2.04. The first-order valence-electron chi connectivity index (χ1n) is 4.42. The van der Waals surface area contributed by atoms with Gasteiger partial charge in [0.1, 0.15) is 5.75 Å². The molecule has 0 spiro atoms. The highest BCUT2D eigenvalue weighted by molar-refractivity contribution is 7.17. The van der Waals surface area contributed by atoms with Crippen molar-refractivity contribution < 1.29 is 4.74 Å². The molecule has 68 valence electrons. The van der Waals surface area contributed by atoms with Crippen LogP contribution in [0.25, 0.3) is 10.1 Å². The molecule has 0 radical (unpaired) electrons. The smallest absolute Gasteiger partial charge is 0.123 e. The third-order valence-corrected chi connectivity index (χ3v) is 3.17. The number of hydrogen-bond acceptors (Lipinski definition) is 2. The van der Waals surface area contributed by atoms with Crippen molar-refractivity contribution in [2.24, 2.45) is 0 Å². The molecular formula is C11H12OS. The van der Waals surface area contributed by atoms with Crippen molar-refractivity contribution in [3.05, 3.63) is 29.1 Å². The van der Waals surface area contributed by atoms with Gasteiger partial charge in [-0.3, -0.25) is 0 Å². The van der Waals surface area contributed by atoms with Crippen LogP contribution in [0.3, 0.4) is 0 Å². The maximum Gasteiger partial charge on any atom is 0.123 e. The summed E-state index contributed by atoms with van der Waals surface area (Å²) >= 11 is 1.77. The van der Waals surface area contributed by atoms with Crippen LogP contribution < -0.4 is 4.74 Å². The van der Waals surface area contributed by atoms with Crippen LogP contribution in [0.5, 0.6) is 5.75 Å². The summed E-state index contributed by atoms with van der Waals surface area (Å²) in [5, 5.41) is 3.43. The Bertz CT molecular complexity index is 417. The van der Waals surface area contributed by atoms with E-state index in [1.54, 1.807) is 11.3 Å². The molecule has 0 bridgehead atoms. The SMILES string of the molecule is CCOc1ccc2ccsc2c1C. The number of rotatable bonds is 2. The lowest BCUT2D eigenvalue weighted by Crippen LogP contribution is -1.93. The van der Waals surface area contributed by atoms with Gasteiger partial charge < -0.3 is 4.74 Å². The van der Waals surface area contributed by atoms with Crippen LogP contribution in [0.15, 0.2) is 23.6 Å². The molecule has 0 unspecified atom stereocenters. The molecule has 2 aromatic rings. The minimum absolute atomic E-state index is 0.734. The van der Waals surface area contributed by atoms with Crippen LogP contribution in [-0.2, 0) is 0 Å². The zero-order chi connectivity index (χ0) is 9.26. The molecule has 0 atom stereocenters. The molecule has 13 heavy (non-hydrogen) atoms. The average molecular weight is 192 g/mol. The van der Waals surface area contributed by atoms with Gasteiger partial charge in [-0.15, -0.1) is 11.3 Å². The van der Waals surface area contributed by atoms with E-state index in [0.29, 0.717) is 0 Å². The third kappa shape index (κ3) is 1.42. The summed E-state index contributed by atoms with van der Waals surface area (Å²) in [6.45, 7) is 4.86. The van der Waals surface area contributed by atoms with Gasteiger partial charge in [-0.05, 0) is 42.8 Å². The summed E-state index contributed by atoms with van der Waals surface area (Å²) in [6, 6.07) is 6.31. The van der Waals surface area contributed by atoms with E-state index in [1.807, 2.05) is 13.0 Å². The maximum absolute atomic E-state index is 5.52. The number of fused-ring (bicyclic) bond motifs is 1. The quantitative estimate of drug-likeness (QED) is 0.706. The molecule has 0 aliphatic rings. The molecular weight excluding hydrogens is 180 g/mol. The number of ether oxygens (including phenoxy) is 1. The molecule has 2 rings (SSSR count). The second kappa shape index (κ2) is 3.38. The van der Waals surface area contributed by atoms with Gasteiger partial charge in [-0.2, -0.15) is 0 Å². The van der Waals surface area contributed by atoms with Gasteiger partial charge in [-0.1, -0.05) is 0 Å². The molecule has 0 saturated carbocycles. The Hall–Kier alpha value is -1.02. The van der Waals surface area contributed by atoms with Gasteiger partial charge in [0.15, 0.2) is 0 Å². The molecule has 0 aliphatic heterocycles. The number of thiophene rings is 1. The molecule has 0 N–H and O–H groups in total. The highest BCUT2D eigenvalue weighted by Crippen LogP contribution is 2.30. The second-order valence-corrected chi connectivity index (χ2v) is 3.88. The highest BCUT2D eigenvalue weighted by atomic mass is 32.1. The van der Waals surface area contributed by atoms with E-state index in [1.165, 1.54) is 15.6 Å². The van der Waals surface area contributed by atoms with Crippen molar-refractivity contribution >= 4 is 21.4 Å². The summed E-state index contributed by atoms with van der Waals surface area (Å²) in [4.78, 5) is 0. The Labute approximate surface area is 82.0 Å². The first-order valence-corrected chi connectivity index (χ1v) is 5.30. The minimum Gasteiger partial charge on any atom is -0.494 e. The van der Waals surface area contributed by atoms with Crippen molar-refractivity contribution in [2.75, 3.05) is 6.61 Å². The van der Waals surface area contributed by atoms with Crippen LogP contribution in [0.2, 0.25) is 0 Å². The maximum atomic E-state index is 5.52. The van der Waals surface area contributed by atoms with Crippen LogP contribution >= 0.6 is 11.3 Å². The Morgan fingerprint density at radius 1 is 1.31 bits per heavy atom. The lowest BCUT2D eigenvalue weighted by molar-refractivity contribution is 0.338. The number of hydrogen-bond donors (Lipinski definition) is 0. The lowest BCUT2D eigenvalue weighted by Gasteiger charge is -2.06. The zero-order valence-electron chi connectivity index (χ0n) is 7.83. The second-order valence-electron chi connectivity index (χ2n) is 2.96. The molecule has 0 amide bonds. The summed E-state index contributed by atoms with van der Waals surface area (Å²) in [5.74, 6) is 1.01. The van der Waals surface area contributed by atoms with Crippen LogP contribution in [0.4, 0.5) is 0 Å². The van der Waals surface area contributed by atoms with Crippen LogP contribution in [0.1, 0.15) is 12.5 Å². The molecule has 1 heterocycles. The van der Waals surface area contributed by atoms with E-state index in [4.69, 9.17) is 4.74 Å². The lowest BCUT2D eigenvalue weighted by atomic mass is 10.2. The van der Waals surface area contributed by atoms with Gasteiger partial charge in [0.2, 0.25) is 0 Å². The fourth-order valence-corrected chi connectivity index (χ4v) is 2.37. The summed E-state index contributed by atoms with van der Waals surface area (Å²) in [5.41, 5.74) is 1.26. The summed E-state index contributed by atoms with van der Waals surface area (Å²) in [6.07, 6.45) is 0. The normalized spacial score (nSPS) is 10.6. The van der Waals surface area contributed by atoms with Gasteiger partial charge >= 0.3 is 0 Å². The largest absolute Gasteiger partial charge is 0.494 e. The zero-order valence-corrected chi connectivity index (χ0v) is 8.65. The van der Waals surface area contributed by atoms with E-state index in [-0.39, 0.29) is 0 Å². The van der Waals surface area contributed by atoms with Crippen molar-refractivity contribution in [2.45, 2.75) is 13.8 Å². The predicted molar refractivity (Wildman–Crippen MR) is 57.7 cm³/mol. The van der Waals surface area contributed by atoms with Crippen molar-refractivity contribution in [3.63, 3.8) is 0 Å². The van der Waals surface area contributed by atoms with Crippen LogP contribution in [0, 0.1) is 6.92 Å². The van der Waals surface area contributed by atoms with Gasteiger partial charge in [-0.25, -0.2) is 0 Å². The molecule has 2 heteroatoms. The summed E-state index contributed by atoms with van der Waals surface area (Å²) in [7, 11) is 0. The van der Waals surface area contributed by atoms with E-state index in [0.717, 1.165) is 12.4 Å². The fraction of sp³-hybridized carbons (Fsp3) is 0.273. The Morgan fingerprint density at radius 3 is 2.92 bits per heavy atom. The van der Waals surface area contributed by atoms with E-state index in [2.05, 4.69) is 24.4 Å². The standard InChI is InChI=1S/C11H12OS/c1-3-12-10-5-4-9-6-7-13-11(9)8(10)2/h4-7H,3H2,1-2H3. The van der Waals surface area contributed by atoms with Crippen molar-refractivity contribution in [1.82, 2.24) is 0 Å². The molecule has 1 aromatic carbocycles. The van der Waals surface area contributed by atoms with Gasteiger partial charge in [0.05, 0.1) is 6.61 Å². The van der Waals surface area contributed by atoms with Gasteiger partial charge in [0.25, 0.3) is 0 Å². The molecule has 1 nitrogen and oxygen atoms in total. The molecule has 1 aromatic heterocycles. The molecule has 0 aliphatic carbocycles. The topological polar surface area (TPSA) is 9.23 Å². The Morgan fingerprint density at radius 2 is 2.15 bits per heavy atom. The predicted octanol–water partition coefficient (Wildman–Crippen LogP) is 3.61. The molecule has 0 saturated heterocycles. The van der Waals surface area contributed by atoms with E-state index >= 15 is 0 Å². The third-order valence-electron chi connectivity index (χ3n) is 2.12. The van der Waals surface area contributed by atoms with Gasteiger partial charge in [0, 0.05) is 10.3 Å². The average Bonchev–Trinajstić information content (AvgIpc) is 2.58. The van der Waals surface area contributed by atoms with Crippen molar-refractivity contribution in [3.8, 4) is 5.75 Å². The van der Waals surface area contributed by atoms with E-state index in [9.17, 15) is 0 Å². The number of aryl methyl sites for hydroxylation is 1. The summed E-state index contributed by atoms with van der Waals surface area (Å²) < 4.78 is 6.86. The Balaban J connectivity index is 2.59. The minimum atomic E-state index is 0.734. The van der Waals surface area contributed by atoms with Crippen LogP contribution in [-0.4, -0.2) is 6.61 Å². The van der Waals surface area contributed by atoms with E-state index < -0.39 is 0 Å². The molecule has 0 fully saturated rings.